The molecule has 0 unspecified atom stereocenters. The fourth-order valence-electron chi connectivity index (χ4n) is 2.68. The summed E-state index contributed by atoms with van der Waals surface area (Å²) in [5.74, 6) is -0.905. The number of nitrogens with zero attached hydrogens (tertiary/aromatic N) is 2. The number of carboxylic acids is 1. The van der Waals surface area contributed by atoms with E-state index in [0.29, 0.717) is 13.3 Å². The van der Waals surface area contributed by atoms with Crippen LogP contribution in [0, 0.1) is 0 Å². The van der Waals surface area contributed by atoms with Gasteiger partial charge >= 0.3 is 13.1 Å². The van der Waals surface area contributed by atoms with Gasteiger partial charge in [0, 0.05) is 26.4 Å². The molecule has 1 aromatic heterocycles. The van der Waals surface area contributed by atoms with Gasteiger partial charge in [-0.3, -0.25) is 0 Å². The lowest BCUT2D eigenvalue weighted by Crippen LogP contribution is -2.34. The van der Waals surface area contributed by atoms with Crippen LogP contribution >= 0.6 is 0 Å². The zero-order valence-electron chi connectivity index (χ0n) is 16.8. The number of benzene rings is 1. The van der Waals surface area contributed by atoms with Gasteiger partial charge in [-0.15, -0.1) is 0 Å². The summed E-state index contributed by atoms with van der Waals surface area (Å²) in [6.45, 7) is 8.00. The number of carboxylic acid groups (broad SMARTS) is 1. The molecule has 2 N–H and O–H groups in total. The summed E-state index contributed by atoms with van der Waals surface area (Å²) in [4.78, 5) is 11.7. The lowest BCUT2D eigenvalue weighted by Gasteiger charge is -2.23. The van der Waals surface area contributed by atoms with Crippen molar-refractivity contribution in [3.8, 4) is 17.2 Å². The van der Waals surface area contributed by atoms with E-state index in [1.807, 2.05) is 0 Å². The van der Waals surface area contributed by atoms with Crippen LogP contribution in [-0.2, 0) is 18.1 Å². The van der Waals surface area contributed by atoms with E-state index in [-0.39, 0.29) is 35.9 Å². The van der Waals surface area contributed by atoms with Crippen LogP contribution in [0.1, 0.15) is 15.9 Å². The Hall–Kier alpha value is -2.50. The van der Waals surface area contributed by atoms with E-state index in [9.17, 15) is 14.9 Å². The van der Waals surface area contributed by atoms with Gasteiger partial charge < -0.3 is 29.0 Å². The lowest BCUT2D eigenvalue weighted by molar-refractivity contribution is 0.0687. The molecular weight excluding hydrogens is 395 g/mol. The Balaban J connectivity index is 1.61. The van der Waals surface area contributed by atoms with Gasteiger partial charge in [0.05, 0.1) is 6.20 Å². The molecule has 1 aliphatic heterocycles. The molecule has 29 heavy (non-hydrogen) atoms. The van der Waals surface area contributed by atoms with Crippen LogP contribution < -0.4 is 14.1 Å². The number of ether oxygens (including phenoxy) is 3. The van der Waals surface area contributed by atoms with Gasteiger partial charge in [-0.1, -0.05) is 19.6 Å². The maximum absolute atomic E-state index is 11.7. The first kappa shape index (κ1) is 21.2. The molecule has 0 bridgehead atoms. The number of hydrogen-bond donors (Lipinski definition) is 2. The van der Waals surface area contributed by atoms with Crippen molar-refractivity contribution in [1.29, 1.82) is 0 Å². The second kappa shape index (κ2) is 8.89. The predicted octanol–water partition coefficient (Wildman–Crippen LogP) is 2.26. The highest BCUT2D eigenvalue weighted by Crippen LogP contribution is 2.40. The van der Waals surface area contributed by atoms with Gasteiger partial charge in [0.15, 0.2) is 11.5 Å². The van der Waals surface area contributed by atoms with Crippen LogP contribution in [0.3, 0.4) is 0 Å². The summed E-state index contributed by atoms with van der Waals surface area (Å²) in [6.07, 6.45) is 3.43. The van der Waals surface area contributed by atoms with Crippen molar-refractivity contribution in [3.05, 3.63) is 35.7 Å². The first-order valence-electron chi connectivity index (χ1n) is 9.32. The van der Waals surface area contributed by atoms with Gasteiger partial charge in [-0.2, -0.15) is 5.10 Å². The molecule has 2 aromatic rings. The van der Waals surface area contributed by atoms with E-state index in [4.69, 9.17) is 18.9 Å². The predicted molar refractivity (Wildman–Crippen MR) is 108 cm³/mol. The molecular formula is C18H25BN2O7Si. The quantitative estimate of drug-likeness (QED) is 0.469. The molecule has 1 aromatic carbocycles. The molecule has 0 radical (unpaired) electrons. The molecule has 11 heteroatoms. The Kier molecular flexibility index (Phi) is 6.50. The molecule has 0 amide bonds. The zero-order valence-corrected chi connectivity index (χ0v) is 17.8. The fraction of sp³-hybridized carbons (Fsp3) is 0.444. The molecule has 0 saturated heterocycles. The molecule has 0 aliphatic carbocycles. The van der Waals surface area contributed by atoms with Crippen LogP contribution in [0.4, 0.5) is 0 Å². The van der Waals surface area contributed by atoms with Crippen LogP contribution in [0.2, 0.25) is 25.7 Å². The SMILES string of the molecule is C[Si](C)(C)CCOCn1cc(COc2ccc3c(c2C(=O)O)OB(O)CO3)cn1. The molecule has 1 aliphatic rings. The van der Waals surface area contributed by atoms with Crippen LogP contribution in [0.15, 0.2) is 24.5 Å². The second-order valence-electron chi connectivity index (χ2n) is 7.98. The topological polar surface area (TPSA) is 112 Å². The molecule has 156 valence electrons. The van der Waals surface area contributed by atoms with Crippen LogP contribution in [0.5, 0.6) is 17.2 Å². The number of carbonyl (C=O) groups is 1. The number of aromatic carboxylic acids is 1. The average Bonchev–Trinajstić information content (AvgIpc) is 3.09. The molecule has 0 saturated carbocycles. The van der Waals surface area contributed by atoms with E-state index in [2.05, 4.69) is 24.7 Å². The largest absolute Gasteiger partial charge is 0.563 e. The normalized spacial score (nSPS) is 13.4. The minimum absolute atomic E-state index is 0.0414. The van der Waals surface area contributed by atoms with Gasteiger partial charge in [-0.25, -0.2) is 9.48 Å². The van der Waals surface area contributed by atoms with Gasteiger partial charge in [-0.05, 0) is 18.2 Å². The van der Waals surface area contributed by atoms with Crippen LogP contribution in [-0.4, -0.2) is 54.2 Å². The Bertz CT molecular complexity index is 868. The minimum atomic E-state index is -1.24. The summed E-state index contributed by atoms with van der Waals surface area (Å²) in [5, 5.41) is 23.4. The third-order valence-corrected chi connectivity index (χ3v) is 5.94. The molecule has 0 fully saturated rings. The number of fused-ring (bicyclic) bond motifs is 1. The fourth-order valence-corrected chi connectivity index (χ4v) is 3.44. The summed E-state index contributed by atoms with van der Waals surface area (Å²) in [5.41, 5.74) is 0.577. The monoisotopic (exact) mass is 420 g/mol. The van der Waals surface area contributed by atoms with Crippen molar-refractivity contribution in [2.45, 2.75) is 39.0 Å². The first-order chi connectivity index (χ1) is 13.7. The van der Waals surface area contributed by atoms with Crippen molar-refractivity contribution in [2.75, 3.05) is 13.1 Å². The Morgan fingerprint density at radius 2 is 2.17 bits per heavy atom. The number of aromatic nitrogens is 2. The van der Waals surface area contributed by atoms with E-state index in [0.717, 1.165) is 11.6 Å². The van der Waals surface area contributed by atoms with E-state index >= 15 is 0 Å². The van der Waals surface area contributed by atoms with Crippen molar-refractivity contribution in [2.24, 2.45) is 0 Å². The Labute approximate surface area is 170 Å². The molecule has 9 nitrogen and oxygen atoms in total. The number of rotatable bonds is 9. The smallest absolute Gasteiger partial charge is 0.531 e. The molecule has 0 spiro atoms. The first-order valence-corrected chi connectivity index (χ1v) is 13.0. The summed E-state index contributed by atoms with van der Waals surface area (Å²) >= 11 is 0. The second-order valence-corrected chi connectivity index (χ2v) is 13.6. The standard InChI is InChI=1S/C18H25BN2O7Si/c1-29(2,3)7-6-25-12-21-9-13(8-20-21)10-26-14-4-5-15-17(16(14)18(22)23)28-19(24)11-27-15/h4-5,8-9,24H,6-7,10-12H2,1-3H3,(H,22,23). The van der Waals surface area contributed by atoms with Crippen molar-refractivity contribution >= 4 is 21.2 Å². The highest BCUT2D eigenvalue weighted by Gasteiger charge is 2.31. The number of hydrogen-bond acceptors (Lipinski definition) is 7. The molecule has 2 heterocycles. The molecule has 3 rings (SSSR count). The molecule has 0 atom stereocenters. The summed E-state index contributed by atoms with van der Waals surface area (Å²) in [7, 11) is -2.35. The van der Waals surface area contributed by atoms with E-state index in [1.165, 1.54) is 6.07 Å². The lowest BCUT2D eigenvalue weighted by atomic mass is 9.91. The van der Waals surface area contributed by atoms with E-state index < -0.39 is 21.2 Å². The minimum Gasteiger partial charge on any atom is -0.531 e. The van der Waals surface area contributed by atoms with E-state index in [1.54, 1.807) is 23.1 Å². The Morgan fingerprint density at radius 3 is 2.90 bits per heavy atom. The van der Waals surface area contributed by atoms with Crippen molar-refractivity contribution in [3.63, 3.8) is 0 Å². The van der Waals surface area contributed by atoms with Crippen LogP contribution in [0.25, 0.3) is 0 Å². The highest BCUT2D eigenvalue weighted by atomic mass is 28.3. The van der Waals surface area contributed by atoms with Crippen molar-refractivity contribution < 1.29 is 33.8 Å². The highest BCUT2D eigenvalue weighted by molar-refractivity contribution is 6.76. The zero-order chi connectivity index (χ0) is 21.0. The summed E-state index contributed by atoms with van der Waals surface area (Å²) < 4.78 is 23.5. The van der Waals surface area contributed by atoms with Gasteiger partial charge in [0.25, 0.3) is 0 Å². The average molecular weight is 420 g/mol. The van der Waals surface area contributed by atoms with Gasteiger partial charge in [0.1, 0.15) is 31.2 Å². The summed E-state index contributed by atoms with van der Waals surface area (Å²) in [6, 6.07) is 4.15. The van der Waals surface area contributed by atoms with Gasteiger partial charge in [0.2, 0.25) is 0 Å². The third-order valence-electron chi connectivity index (χ3n) is 4.23. The Morgan fingerprint density at radius 1 is 1.38 bits per heavy atom. The third kappa shape index (κ3) is 5.75. The van der Waals surface area contributed by atoms with Crippen molar-refractivity contribution in [1.82, 2.24) is 9.78 Å². The maximum Gasteiger partial charge on any atom is 0.563 e. The maximum atomic E-state index is 11.7.